The van der Waals surface area contributed by atoms with Crippen LogP contribution >= 0.6 is 0 Å². The van der Waals surface area contributed by atoms with E-state index in [1.165, 1.54) is 6.20 Å². The Labute approximate surface area is 131 Å². The van der Waals surface area contributed by atoms with Gasteiger partial charge in [-0.1, -0.05) is 33.8 Å². The first kappa shape index (κ1) is 16.6. The Bertz CT molecular complexity index is 708. The summed E-state index contributed by atoms with van der Waals surface area (Å²) in [7, 11) is -3.67. The van der Waals surface area contributed by atoms with Crippen LogP contribution in [0.1, 0.15) is 51.2 Å². The minimum atomic E-state index is -3.67. The van der Waals surface area contributed by atoms with Gasteiger partial charge in [0.2, 0.25) is 0 Å². The Balaban J connectivity index is 2.28. The van der Waals surface area contributed by atoms with E-state index in [-0.39, 0.29) is 16.9 Å². The largest absolute Gasteiger partial charge is 0.332 e. The lowest BCUT2D eigenvalue weighted by Gasteiger charge is -2.21. The molecule has 2 N–H and O–H groups in total. The van der Waals surface area contributed by atoms with Crippen molar-refractivity contribution < 1.29 is 8.42 Å². The predicted octanol–water partition coefficient (Wildman–Crippen LogP) is 2.60. The van der Waals surface area contributed by atoms with Gasteiger partial charge < -0.3 is 4.98 Å². The molecule has 120 valence electrons. The number of sulfonamides is 1. The average Bonchev–Trinajstić information content (AvgIpc) is 2.96. The third-order valence-electron chi connectivity index (χ3n) is 3.36. The zero-order chi connectivity index (χ0) is 16.3. The molecule has 0 aliphatic heterocycles. The molecule has 0 fully saturated rings. The van der Waals surface area contributed by atoms with Crippen molar-refractivity contribution in [1.82, 2.24) is 19.7 Å². The summed E-state index contributed by atoms with van der Waals surface area (Å²) < 4.78 is 27.8. The molecule has 0 amide bonds. The minimum absolute atomic E-state index is 0.0668. The quantitative estimate of drug-likeness (QED) is 0.855. The highest BCUT2D eigenvalue weighted by molar-refractivity contribution is 7.89. The fourth-order valence-electron chi connectivity index (χ4n) is 2.08. The van der Waals surface area contributed by atoms with E-state index in [1.807, 2.05) is 39.8 Å². The van der Waals surface area contributed by atoms with Crippen molar-refractivity contribution in [3.63, 3.8) is 0 Å². The van der Waals surface area contributed by atoms with Gasteiger partial charge in [-0.3, -0.25) is 4.98 Å². The van der Waals surface area contributed by atoms with Crippen LogP contribution in [-0.4, -0.2) is 23.4 Å². The van der Waals surface area contributed by atoms with E-state index in [4.69, 9.17) is 0 Å². The van der Waals surface area contributed by atoms with Crippen molar-refractivity contribution in [2.24, 2.45) is 5.92 Å². The molecule has 0 unspecified atom stereocenters. The fraction of sp³-hybridized carbons (Fsp3) is 0.467. The van der Waals surface area contributed by atoms with Gasteiger partial charge in [-0.15, -0.1) is 0 Å². The van der Waals surface area contributed by atoms with E-state index in [0.717, 1.165) is 0 Å². The second-order valence-corrected chi connectivity index (χ2v) is 7.57. The maximum atomic E-state index is 12.5. The Morgan fingerprint density at radius 1 is 1.14 bits per heavy atom. The highest BCUT2D eigenvalue weighted by Gasteiger charge is 2.26. The Hall–Kier alpha value is -1.73. The molecule has 0 saturated carbocycles. The summed E-state index contributed by atoms with van der Waals surface area (Å²) in [5.41, 5.74) is 0.699. The van der Waals surface area contributed by atoms with Crippen LogP contribution in [0.2, 0.25) is 0 Å². The van der Waals surface area contributed by atoms with Crippen molar-refractivity contribution in [3.05, 3.63) is 42.1 Å². The molecule has 6 nitrogen and oxygen atoms in total. The summed E-state index contributed by atoms with van der Waals surface area (Å²) in [6, 6.07) is 5.08. The monoisotopic (exact) mass is 322 g/mol. The fourth-order valence-corrected chi connectivity index (χ4v) is 3.36. The average molecular weight is 322 g/mol. The summed E-state index contributed by atoms with van der Waals surface area (Å²) in [5, 5.41) is 0.0813. The van der Waals surface area contributed by atoms with Crippen LogP contribution in [0.15, 0.2) is 35.6 Å². The number of nitrogens with zero attached hydrogens (tertiary/aromatic N) is 2. The second-order valence-electron chi connectivity index (χ2n) is 5.88. The smallest absolute Gasteiger partial charge is 0.258 e. The van der Waals surface area contributed by atoms with Gasteiger partial charge in [0.25, 0.3) is 10.0 Å². The molecule has 1 atom stereocenters. The third kappa shape index (κ3) is 3.72. The van der Waals surface area contributed by atoms with Crippen molar-refractivity contribution in [2.75, 3.05) is 0 Å². The summed E-state index contributed by atoms with van der Waals surface area (Å²) in [4.78, 5) is 11.2. The van der Waals surface area contributed by atoms with Crippen molar-refractivity contribution in [3.8, 4) is 0 Å². The second kappa shape index (κ2) is 6.58. The van der Waals surface area contributed by atoms with Crippen molar-refractivity contribution in [2.45, 2.75) is 44.7 Å². The molecule has 2 aromatic heterocycles. The van der Waals surface area contributed by atoms with Crippen LogP contribution < -0.4 is 4.72 Å². The number of hydrogen-bond donors (Lipinski definition) is 2. The SMILES string of the molecule is CC(C)c1ncc(S(=O)(=O)N[C@H](c2ccccn2)C(C)C)[nH]1. The lowest BCUT2D eigenvalue weighted by molar-refractivity contribution is 0.453. The standard InChI is InChI=1S/C15H22N4O2S/c1-10(2)14(12-7-5-6-8-16-12)19-22(20,21)13-9-17-15(18-13)11(3)4/h5-11,14,19H,1-4H3,(H,17,18)/t14-/m0/s1. The molecule has 0 spiro atoms. The topological polar surface area (TPSA) is 87.7 Å². The van der Waals surface area contributed by atoms with Crippen LogP contribution in [-0.2, 0) is 10.0 Å². The lowest BCUT2D eigenvalue weighted by Crippen LogP contribution is -2.32. The van der Waals surface area contributed by atoms with E-state index in [9.17, 15) is 8.42 Å². The number of nitrogens with one attached hydrogen (secondary N) is 2. The number of aromatic nitrogens is 3. The zero-order valence-electron chi connectivity index (χ0n) is 13.2. The number of hydrogen-bond acceptors (Lipinski definition) is 4. The number of aromatic amines is 1. The first-order chi connectivity index (χ1) is 10.3. The number of H-pyrrole nitrogens is 1. The van der Waals surface area contributed by atoms with Crippen LogP contribution in [0.4, 0.5) is 0 Å². The summed E-state index contributed by atoms with van der Waals surface area (Å²) in [6.07, 6.45) is 3.01. The molecule has 7 heteroatoms. The molecule has 0 aliphatic rings. The summed E-state index contributed by atoms with van der Waals surface area (Å²) in [6.45, 7) is 7.81. The van der Waals surface area contributed by atoms with Gasteiger partial charge in [-0.25, -0.2) is 18.1 Å². The molecule has 0 aliphatic carbocycles. The maximum Gasteiger partial charge on any atom is 0.258 e. The van der Waals surface area contributed by atoms with Gasteiger partial charge in [-0.2, -0.15) is 0 Å². The molecule has 2 rings (SSSR count). The first-order valence-electron chi connectivity index (χ1n) is 7.29. The van der Waals surface area contributed by atoms with Gasteiger partial charge >= 0.3 is 0 Å². The summed E-state index contributed by atoms with van der Waals surface area (Å²) in [5.74, 6) is 0.858. The van der Waals surface area contributed by atoms with Crippen LogP contribution in [0.5, 0.6) is 0 Å². The molecule has 0 saturated heterocycles. The zero-order valence-corrected chi connectivity index (χ0v) is 14.1. The van der Waals surface area contributed by atoms with Crippen molar-refractivity contribution >= 4 is 10.0 Å². The Kier molecular flexibility index (Phi) is 4.97. The normalized spacial score (nSPS) is 13.7. The van der Waals surface area contributed by atoms with E-state index < -0.39 is 16.1 Å². The van der Waals surface area contributed by atoms with Gasteiger partial charge in [0.05, 0.1) is 17.9 Å². The van der Waals surface area contributed by atoms with Crippen LogP contribution in [0, 0.1) is 5.92 Å². The van der Waals surface area contributed by atoms with Crippen molar-refractivity contribution in [1.29, 1.82) is 0 Å². The highest BCUT2D eigenvalue weighted by atomic mass is 32.2. The molecule has 0 bridgehead atoms. The molecule has 0 aromatic carbocycles. The van der Waals surface area contributed by atoms with Gasteiger partial charge in [-0.05, 0) is 18.1 Å². The Morgan fingerprint density at radius 3 is 2.36 bits per heavy atom. The molecule has 2 heterocycles. The highest BCUT2D eigenvalue weighted by Crippen LogP contribution is 2.22. The molecule has 22 heavy (non-hydrogen) atoms. The third-order valence-corrected chi connectivity index (χ3v) is 4.71. The van der Waals surface area contributed by atoms with Gasteiger partial charge in [0.15, 0.2) is 5.03 Å². The Morgan fingerprint density at radius 2 is 1.86 bits per heavy atom. The molecule has 2 aromatic rings. The molecule has 0 radical (unpaired) electrons. The van der Waals surface area contributed by atoms with Gasteiger partial charge in [0.1, 0.15) is 5.82 Å². The maximum absolute atomic E-state index is 12.5. The number of imidazole rings is 1. The lowest BCUT2D eigenvalue weighted by atomic mass is 10.0. The number of rotatable bonds is 6. The molecular weight excluding hydrogens is 300 g/mol. The predicted molar refractivity (Wildman–Crippen MR) is 84.8 cm³/mol. The summed E-state index contributed by atoms with van der Waals surface area (Å²) >= 11 is 0. The first-order valence-corrected chi connectivity index (χ1v) is 8.77. The van der Waals surface area contributed by atoms with Gasteiger partial charge in [0, 0.05) is 12.1 Å². The number of pyridine rings is 1. The molecular formula is C15H22N4O2S. The van der Waals surface area contributed by atoms with E-state index in [2.05, 4.69) is 19.7 Å². The van der Waals surface area contributed by atoms with E-state index >= 15 is 0 Å². The van der Waals surface area contributed by atoms with E-state index in [0.29, 0.717) is 11.5 Å². The van der Waals surface area contributed by atoms with Crippen LogP contribution in [0.25, 0.3) is 0 Å². The van der Waals surface area contributed by atoms with Crippen LogP contribution in [0.3, 0.4) is 0 Å². The minimum Gasteiger partial charge on any atom is -0.332 e. The van der Waals surface area contributed by atoms with E-state index in [1.54, 1.807) is 12.3 Å².